The molecule has 0 bridgehead atoms. The Kier molecular flexibility index (Phi) is 4.52. The summed E-state index contributed by atoms with van der Waals surface area (Å²) in [6.45, 7) is 3.65. The second kappa shape index (κ2) is 5.91. The Balaban J connectivity index is 2.82. The first-order chi connectivity index (χ1) is 7.65. The number of hydrogen-bond acceptors (Lipinski definition) is 2. The third-order valence-corrected chi connectivity index (χ3v) is 2.41. The monoisotopic (exact) mass is 216 g/mol. The normalized spacial score (nSPS) is 12.4. The van der Waals surface area contributed by atoms with E-state index in [0.29, 0.717) is 5.57 Å². The van der Waals surface area contributed by atoms with Gasteiger partial charge in [0.1, 0.15) is 0 Å². The van der Waals surface area contributed by atoms with Crippen molar-refractivity contribution in [3.63, 3.8) is 0 Å². The third kappa shape index (κ3) is 3.39. The lowest BCUT2D eigenvalue weighted by Gasteiger charge is -2.01. The van der Waals surface area contributed by atoms with E-state index in [2.05, 4.69) is 4.74 Å². The molecule has 1 rings (SSSR count). The molecule has 0 saturated carbocycles. The van der Waals surface area contributed by atoms with Gasteiger partial charge in [-0.15, -0.1) is 0 Å². The van der Waals surface area contributed by atoms with Crippen LogP contribution in [0.3, 0.4) is 0 Å². The average molecular weight is 216 g/mol. The highest BCUT2D eigenvalue weighted by Crippen LogP contribution is 2.09. The van der Waals surface area contributed by atoms with Gasteiger partial charge in [-0.2, -0.15) is 0 Å². The van der Waals surface area contributed by atoms with E-state index in [1.165, 1.54) is 7.11 Å². The number of allylic oxidation sites excluding steroid dienone is 2. The SMILES string of the molecule is COC(=O)C(C)=C(C)C=Cc1ccccc1. The van der Waals surface area contributed by atoms with Gasteiger partial charge in [0.15, 0.2) is 0 Å². The molecule has 0 saturated heterocycles. The Bertz CT molecular complexity index is 414. The summed E-state index contributed by atoms with van der Waals surface area (Å²) in [6, 6.07) is 9.95. The molecule has 0 heterocycles. The maximum atomic E-state index is 11.3. The smallest absolute Gasteiger partial charge is 0.333 e. The van der Waals surface area contributed by atoms with Crippen molar-refractivity contribution in [1.82, 2.24) is 0 Å². The van der Waals surface area contributed by atoms with E-state index < -0.39 is 0 Å². The lowest BCUT2D eigenvalue weighted by Crippen LogP contribution is -2.02. The zero-order chi connectivity index (χ0) is 12.0. The second-order valence-corrected chi connectivity index (χ2v) is 3.54. The van der Waals surface area contributed by atoms with Gasteiger partial charge in [-0.25, -0.2) is 4.79 Å². The summed E-state index contributed by atoms with van der Waals surface area (Å²) < 4.78 is 4.65. The lowest BCUT2D eigenvalue weighted by molar-refractivity contribution is -0.136. The van der Waals surface area contributed by atoms with Crippen LogP contribution in [-0.2, 0) is 9.53 Å². The highest BCUT2D eigenvalue weighted by Gasteiger charge is 2.04. The van der Waals surface area contributed by atoms with Gasteiger partial charge >= 0.3 is 5.97 Å². The van der Waals surface area contributed by atoms with E-state index in [4.69, 9.17) is 0 Å². The molecule has 0 fully saturated rings. The fourth-order valence-electron chi connectivity index (χ4n) is 1.22. The topological polar surface area (TPSA) is 26.3 Å². The predicted molar refractivity (Wildman–Crippen MR) is 65.9 cm³/mol. The van der Waals surface area contributed by atoms with Crippen LogP contribution in [0.4, 0.5) is 0 Å². The van der Waals surface area contributed by atoms with E-state index in [1.54, 1.807) is 6.92 Å². The zero-order valence-corrected chi connectivity index (χ0v) is 9.86. The van der Waals surface area contributed by atoms with Crippen molar-refractivity contribution >= 4 is 12.0 Å². The molecule has 2 heteroatoms. The van der Waals surface area contributed by atoms with Gasteiger partial charge in [0, 0.05) is 5.57 Å². The largest absolute Gasteiger partial charge is 0.466 e. The molecule has 1 aromatic rings. The molecule has 0 aliphatic carbocycles. The summed E-state index contributed by atoms with van der Waals surface area (Å²) in [5.41, 5.74) is 2.66. The van der Waals surface area contributed by atoms with Gasteiger partial charge < -0.3 is 4.74 Å². The molecule has 16 heavy (non-hydrogen) atoms. The van der Waals surface area contributed by atoms with Crippen LogP contribution in [0.2, 0.25) is 0 Å². The number of methoxy groups -OCH3 is 1. The highest BCUT2D eigenvalue weighted by molar-refractivity contribution is 5.89. The molecule has 84 valence electrons. The van der Waals surface area contributed by atoms with Gasteiger partial charge in [0.2, 0.25) is 0 Å². The first-order valence-electron chi connectivity index (χ1n) is 5.14. The number of benzene rings is 1. The van der Waals surface area contributed by atoms with Crippen LogP contribution in [0.15, 0.2) is 47.6 Å². The van der Waals surface area contributed by atoms with Gasteiger partial charge in [-0.05, 0) is 25.0 Å². The first-order valence-corrected chi connectivity index (χ1v) is 5.14. The highest BCUT2D eigenvalue weighted by atomic mass is 16.5. The van der Waals surface area contributed by atoms with Gasteiger partial charge in [-0.1, -0.05) is 42.5 Å². The molecule has 0 atom stereocenters. The fraction of sp³-hybridized carbons (Fsp3) is 0.214. The maximum absolute atomic E-state index is 11.3. The summed E-state index contributed by atoms with van der Waals surface area (Å²) in [7, 11) is 1.39. The maximum Gasteiger partial charge on any atom is 0.333 e. The minimum absolute atomic E-state index is 0.282. The molecular weight excluding hydrogens is 200 g/mol. The summed E-state index contributed by atoms with van der Waals surface area (Å²) in [4.78, 5) is 11.3. The molecule has 0 unspecified atom stereocenters. The van der Waals surface area contributed by atoms with Crippen LogP contribution in [-0.4, -0.2) is 13.1 Å². The lowest BCUT2D eigenvalue weighted by atomic mass is 10.1. The van der Waals surface area contributed by atoms with E-state index in [9.17, 15) is 4.79 Å². The van der Waals surface area contributed by atoms with Crippen LogP contribution < -0.4 is 0 Å². The van der Waals surface area contributed by atoms with Gasteiger partial charge in [-0.3, -0.25) is 0 Å². The summed E-state index contributed by atoms with van der Waals surface area (Å²) in [5, 5.41) is 0. The number of esters is 1. The van der Waals surface area contributed by atoms with Gasteiger partial charge in [0.05, 0.1) is 7.11 Å². The second-order valence-electron chi connectivity index (χ2n) is 3.54. The van der Waals surface area contributed by atoms with Crippen LogP contribution in [0.1, 0.15) is 19.4 Å². The Hall–Kier alpha value is -1.83. The number of rotatable bonds is 3. The molecule has 0 spiro atoms. The number of hydrogen-bond donors (Lipinski definition) is 0. The minimum atomic E-state index is -0.282. The summed E-state index contributed by atoms with van der Waals surface area (Å²) >= 11 is 0. The number of carbonyl (C=O) groups is 1. The van der Waals surface area contributed by atoms with E-state index in [0.717, 1.165) is 11.1 Å². The van der Waals surface area contributed by atoms with E-state index in [-0.39, 0.29) is 5.97 Å². The van der Waals surface area contributed by atoms with Crippen molar-refractivity contribution in [1.29, 1.82) is 0 Å². The van der Waals surface area contributed by atoms with Crippen molar-refractivity contribution in [3.05, 3.63) is 53.1 Å². The molecule has 0 amide bonds. The molecule has 0 aliphatic rings. The Labute approximate surface area is 96.2 Å². The third-order valence-electron chi connectivity index (χ3n) is 2.41. The summed E-state index contributed by atoms with van der Waals surface area (Å²) in [5.74, 6) is -0.282. The Morgan fingerprint density at radius 3 is 2.38 bits per heavy atom. The Morgan fingerprint density at radius 2 is 1.81 bits per heavy atom. The molecule has 0 aliphatic heterocycles. The summed E-state index contributed by atoms with van der Waals surface area (Å²) in [6.07, 6.45) is 3.89. The van der Waals surface area contributed by atoms with Crippen molar-refractivity contribution < 1.29 is 9.53 Å². The van der Waals surface area contributed by atoms with Crippen LogP contribution in [0.25, 0.3) is 6.08 Å². The van der Waals surface area contributed by atoms with Gasteiger partial charge in [0.25, 0.3) is 0 Å². The molecule has 0 radical (unpaired) electrons. The van der Waals surface area contributed by atoms with E-state index in [1.807, 2.05) is 49.4 Å². The molecular formula is C14H16O2. The van der Waals surface area contributed by atoms with Crippen LogP contribution in [0, 0.1) is 0 Å². The standard InChI is InChI=1S/C14H16O2/c1-11(12(2)14(15)16-3)9-10-13-7-5-4-6-8-13/h4-10H,1-3H3. The molecule has 2 nitrogen and oxygen atoms in total. The molecule has 0 aromatic heterocycles. The van der Waals surface area contributed by atoms with Crippen molar-refractivity contribution in [2.75, 3.05) is 7.11 Å². The molecule has 1 aromatic carbocycles. The minimum Gasteiger partial charge on any atom is -0.466 e. The van der Waals surface area contributed by atoms with E-state index >= 15 is 0 Å². The van der Waals surface area contributed by atoms with Crippen molar-refractivity contribution in [2.24, 2.45) is 0 Å². The number of ether oxygens (including phenoxy) is 1. The van der Waals surface area contributed by atoms with Crippen LogP contribution in [0.5, 0.6) is 0 Å². The quantitative estimate of drug-likeness (QED) is 0.440. The van der Waals surface area contributed by atoms with Crippen molar-refractivity contribution in [2.45, 2.75) is 13.8 Å². The first kappa shape index (κ1) is 12.2. The molecule has 0 N–H and O–H groups in total. The van der Waals surface area contributed by atoms with Crippen molar-refractivity contribution in [3.8, 4) is 0 Å². The predicted octanol–water partition coefficient (Wildman–Crippen LogP) is 3.21. The number of carbonyl (C=O) groups excluding carboxylic acids is 1. The Morgan fingerprint density at radius 1 is 1.19 bits per heavy atom. The van der Waals surface area contributed by atoms with Crippen LogP contribution >= 0.6 is 0 Å². The average Bonchev–Trinajstić information content (AvgIpc) is 2.35. The fourth-order valence-corrected chi connectivity index (χ4v) is 1.22. The zero-order valence-electron chi connectivity index (χ0n) is 9.86.